The van der Waals surface area contributed by atoms with Gasteiger partial charge in [-0.3, -0.25) is 0 Å². The fourth-order valence-corrected chi connectivity index (χ4v) is 22.0. The van der Waals surface area contributed by atoms with Gasteiger partial charge in [0.2, 0.25) is 0 Å². The van der Waals surface area contributed by atoms with Crippen molar-refractivity contribution >= 4 is 55.7 Å². The van der Waals surface area contributed by atoms with Crippen LogP contribution in [0.1, 0.15) is 0 Å². The average Bonchev–Trinajstić information content (AvgIpc) is 2.89. The van der Waals surface area contributed by atoms with E-state index in [2.05, 4.69) is 68.2 Å². The second kappa shape index (κ2) is 9.92. The Labute approximate surface area is 212 Å². The molecule has 2 atom stereocenters. The first-order valence-corrected chi connectivity index (χ1v) is 20.0. The van der Waals surface area contributed by atoms with E-state index in [0.717, 1.165) is 20.7 Å². The topological polar surface area (TPSA) is 36.9 Å². The third-order valence-electron chi connectivity index (χ3n) is 6.26. The van der Waals surface area contributed by atoms with Gasteiger partial charge in [-0.25, -0.2) is 0 Å². The van der Waals surface area contributed by atoms with Crippen LogP contribution in [0.2, 0.25) is 19.6 Å². The molecule has 1 aliphatic heterocycles. The molecule has 1 radical (unpaired) electrons. The summed E-state index contributed by atoms with van der Waals surface area (Å²) in [6.07, 6.45) is 0. The second-order valence-electron chi connectivity index (χ2n) is 9.00. The molecule has 35 heavy (non-hydrogen) atoms. The lowest BCUT2D eigenvalue weighted by atomic mass is 10.4. The van der Waals surface area contributed by atoms with Gasteiger partial charge < -0.3 is 16.5 Å². The number of hydrogen-bond donors (Lipinski definition) is 0. The van der Waals surface area contributed by atoms with E-state index in [0.29, 0.717) is 0 Å². The molecule has 8 heteroatoms. The van der Waals surface area contributed by atoms with Gasteiger partial charge in [0, 0.05) is 0 Å². The SMILES string of the molecule is C[Si]1(c2ccccc2)O[Si](c2ccccc2)O[Si](C)(c2ccccc2)O[Si](C)(c2ccccc2)O1. The fourth-order valence-electron chi connectivity index (χ4n) is 4.45. The van der Waals surface area contributed by atoms with Crippen molar-refractivity contribution in [3.8, 4) is 0 Å². The van der Waals surface area contributed by atoms with E-state index in [4.69, 9.17) is 16.5 Å². The summed E-state index contributed by atoms with van der Waals surface area (Å²) in [5.74, 6) is 0. The van der Waals surface area contributed by atoms with Crippen molar-refractivity contribution in [1.82, 2.24) is 0 Å². The monoisotopic (exact) mass is 529 g/mol. The molecule has 4 aromatic carbocycles. The van der Waals surface area contributed by atoms with Crippen molar-refractivity contribution in [1.29, 1.82) is 0 Å². The van der Waals surface area contributed by atoms with E-state index >= 15 is 0 Å². The summed E-state index contributed by atoms with van der Waals surface area (Å²) in [4.78, 5) is 0. The van der Waals surface area contributed by atoms with Crippen LogP contribution in [0.4, 0.5) is 0 Å². The minimum atomic E-state index is -2.97. The van der Waals surface area contributed by atoms with Crippen LogP contribution in [0.5, 0.6) is 0 Å². The third kappa shape index (κ3) is 5.11. The highest BCUT2D eigenvalue weighted by Crippen LogP contribution is 2.27. The zero-order chi connectivity index (χ0) is 24.4. The first kappa shape index (κ1) is 24.3. The summed E-state index contributed by atoms with van der Waals surface area (Å²) in [6, 6.07) is 41.2. The molecule has 1 fully saturated rings. The predicted molar refractivity (Wildman–Crippen MR) is 149 cm³/mol. The molecule has 0 N–H and O–H groups in total. The van der Waals surface area contributed by atoms with Crippen LogP contribution in [0.25, 0.3) is 0 Å². The molecular weight excluding hydrogens is 501 g/mol. The van der Waals surface area contributed by atoms with Crippen molar-refractivity contribution < 1.29 is 16.5 Å². The molecule has 5 rings (SSSR count). The maximum absolute atomic E-state index is 7.22. The Kier molecular flexibility index (Phi) is 6.88. The van der Waals surface area contributed by atoms with Crippen LogP contribution < -0.4 is 20.7 Å². The summed E-state index contributed by atoms with van der Waals surface area (Å²) < 4.78 is 28.6. The van der Waals surface area contributed by atoms with Gasteiger partial charge >= 0.3 is 35.0 Å². The van der Waals surface area contributed by atoms with Gasteiger partial charge in [0.1, 0.15) is 0 Å². The zero-order valence-corrected chi connectivity index (χ0v) is 24.2. The summed E-state index contributed by atoms with van der Waals surface area (Å²) in [7, 11) is -10.8. The number of rotatable bonds is 4. The second-order valence-corrected chi connectivity index (χ2v) is 20.8. The van der Waals surface area contributed by atoms with Crippen molar-refractivity contribution in [2.45, 2.75) is 19.6 Å². The van der Waals surface area contributed by atoms with E-state index in [1.807, 2.05) is 72.8 Å². The summed E-state index contributed by atoms with van der Waals surface area (Å²) in [6.45, 7) is 6.39. The van der Waals surface area contributed by atoms with Gasteiger partial charge in [0.05, 0.1) is 0 Å². The summed E-state index contributed by atoms with van der Waals surface area (Å²) >= 11 is 0. The molecule has 177 valence electrons. The van der Waals surface area contributed by atoms with Gasteiger partial charge in [0.25, 0.3) is 0 Å². The number of benzene rings is 4. The molecule has 0 spiro atoms. The smallest absolute Gasteiger partial charge is 0.405 e. The highest BCUT2D eigenvalue weighted by Gasteiger charge is 2.56. The Morgan fingerprint density at radius 1 is 0.429 bits per heavy atom. The van der Waals surface area contributed by atoms with E-state index in [-0.39, 0.29) is 0 Å². The van der Waals surface area contributed by atoms with E-state index in [1.54, 1.807) is 0 Å². The van der Waals surface area contributed by atoms with Crippen molar-refractivity contribution in [2.24, 2.45) is 0 Å². The molecule has 1 saturated heterocycles. The quantitative estimate of drug-likeness (QED) is 0.380. The lowest BCUT2D eigenvalue weighted by Gasteiger charge is -2.46. The Balaban J connectivity index is 1.68. The molecule has 0 bridgehead atoms. The van der Waals surface area contributed by atoms with Crippen LogP contribution in [0, 0.1) is 0 Å². The highest BCUT2D eigenvalue weighted by atomic mass is 28.5. The van der Waals surface area contributed by atoms with Crippen molar-refractivity contribution in [3.63, 3.8) is 0 Å². The average molecular weight is 530 g/mol. The molecule has 0 amide bonds. The maximum atomic E-state index is 7.22. The molecular formula is C27H29O4Si4. The lowest BCUT2D eigenvalue weighted by Crippen LogP contribution is -2.74. The van der Waals surface area contributed by atoms with Crippen LogP contribution in [-0.4, -0.2) is 35.0 Å². The molecule has 1 aliphatic rings. The van der Waals surface area contributed by atoms with Gasteiger partial charge in [0.15, 0.2) is 0 Å². The Bertz CT molecular complexity index is 1190. The Morgan fingerprint density at radius 3 is 1.11 bits per heavy atom. The lowest BCUT2D eigenvalue weighted by molar-refractivity contribution is 0.266. The van der Waals surface area contributed by atoms with Gasteiger partial charge in [-0.1, -0.05) is 121 Å². The Hall–Kier alpha value is -2.41. The van der Waals surface area contributed by atoms with Crippen LogP contribution >= 0.6 is 0 Å². The molecule has 2 unspecified atom stereocenters. The van der Waals surface area contributed by atoms with Gasteiger partial charge in [-0.05, 0) is 40.4 Å². The number of hydrogen-bond acceptors (Lipinski definition) is 4. The van der Waals surface area contributed by atoms with Crippen molar-refractivity contribution in [2.75, 3.05) is 0 Å². The molecule has 1 heterocycles. The molecule has 0 saturated carbocycles. The van der Waals surface area contributed by atoms with Gasteiger partial charge in [-0.2, -0.15) is 0 Å². The summed E-state index contributed by atoms with van der Waals surface area (Å²) in [5, 5.41) is 4.28. The third-order valence-corrected chi connectivity index (χ3v) is 22.0. The minimum Gasteiger partial charge on any atom is -0.409 e. The molecule has 0 aliphatic carbocycles. The zero-order valence-electron chi connectivity index (χ0n) is 20.2. The molecule has 4 nitrogen and oxygen atoms in total. The first-order valence-electron chi connectivity index (χ1n) is 11.8. The fraction of sp³-hybridized carbons (Fsp3) is 0.111. The minimum absolute atomic E-state index is 1.05. The Morgan fingerprint density at radius 2 is 0.743 bits per heavy atom. The van der Waals surface area contributed by atoms with Crippen LogP contribution in [0.15, 0.2) is 121 Å². The normalized spacial score (nSPS) is 27.6. The highest BCUT2D eigenvalue weighted by molar-refractivity contribution is 7.02. The molecule has 0 aromatic heterocycles. The van der Waals surface area contributed by atoms with Gasteiger partial charge in [-0.15, -0.1) is 0 Å². The summed E-state index contributed by atoms with van der Waals surface area (Å²) in [5.41, 5.74) is 0. The molecule has 4 aromatic rings. The van der Waals surface area contributed by atoms with Crippen LogP contribution in [0.3, 0.4) is 0 Å². The maximum Gasteiger partial charge on any atom is 0.405 e. The standard InChI is InChI=1S/C27H29O4Si4/c1-33(25-18-10-5-11-19-25)28-32(24-16-8-4-9-17-24)29-34(2,26-20-12-6-13-21-26)31-35(3,30-33)27-22-14-7-15-23-27/h4-23H,1-3H3. The largest absolute Gasteiger partial charge is 0.409 e. The van der Waals surface area contributed by atoms with Crippen LogP contribution in [-0.2, 0) is 16.5 Å². The predicted octanol–water partition coefficient (Wildman–Crippen LogP) is 3.40. The first-order chi connectivity index (χ1) is 16.9. The van der Waals surface area contributed by atoms with Crippen molar-refractivity contribution in [3.05, 3.63) is 121 Å². The van der Waals surface area contributed by atoms with E-state index in [9.17, 15) is 0 Å². The van der Waals surface area contributed by atoms with E-state index < -0.39 is 35.0 Å². The van der Waals surface area contributed by atoms with E-state index in [1.165, 1.54) is 0 Å².